The molecule has 3 rings (SSSR count). The van der Waals surface area contributed by atoms with E-state index < -0.39 is 0 Å². The first-order valence-electron chi connectivity index (χ1n) is 12.3. The highest BCUT2D eigenvalue weighted by Gasteiger charge is 2.16. The number of aliphatic imine (C=N–C) groups is 1. The van der Waals surface area contributed by atoms with E-state index in [-0.39, 0.29) is 0 Å². The highest BCUT2D eigenvalue weighted by molar-refractivity contribution is 6.10. The molecule has 0 aliphatic heterocycles. The summed E-state index contributed by atoms with van der Waals surface area (Å²) in [5, 5.41) is 2.60. The zero-order chi connectivity index (χ0) is 23.8. The van der Waals surface area contributed by atoms with Crippen LogP contribution in [0, 0.1) is 5.41 Å². The fourth-order valence-corrected chi connectivity index (χ4v) is 4.28. The number of benzene rings is 3. The van der Waals surface area contributed by atoms with Crippen molar-refractivity contribution >= 4 is 28.1 Å². The van der Waals surface area contributed by atoms with Crippen LogP contribution >= 0.6 is 0 Å². The minimum atomic E-state index is 0.381. The number of nitrogens with zero attached hydrogens (tertiary/aromatic N) is 1. The molecule has 0 fully saturated rings. The molecule has 0 bridgehead atoms. The standard InChI is InChI=1S/C32H39N/c1-7-11-29(23-33-6)25-14-16-27(17-15-25)30-13-10-12-26-18-19-28(22-31(26)30)24(8-2)20-21-32(4,5)9-3/h8,10-19,22-23H,7,9,20-21H2,1-6H3/b24-8-,29-11+,33-23?. The van der Waals surface area contributed by atoms with Crippen LogP contribution in [0.4, 0.5) is 0 Å². The molecule has 0 aliphatic carbocycles. The molecule has 0 aliphatic rings. The molecule has 3 aromatic rings. The summed E-state index contributed by atoms with van der Waals surface area (Å²) in [4.78, 5) is 4.22. The maximum Gasteiger partial charge on any atom is 0.0284 e. The molecule has 172 valence electrons. The zero-order valence-electron chi connectivity index (χ0n) is 21.3. The molecule has 1 heteroatoms. The van der Waals surface area contributed by atoms with Gasteiger partial charge in [0.2, 0.25) is 0 Å². The topological polar surface area (TPSA) is 12.4 Å². The summed E-state index contributed by atoms with van der Waals surface area (Å²) in [6.07, 6.45) is 11.0. The Morgan fingerprint density at radius 2 is 1.67 bits per heavy atom. The van der Waals surface area contributed by atoms with E-state index in [9.17, 15) is 0 Å². The summed E-state index contributed by atoms with van der Waals surface area (Å²) in [6.45, 7) is 11.4. The molecule has 0 radical (unpaired) electrons. The van der Waals surface area contributed by atoms with E-state index in [0.29, 0.717) is 5.41 Å². The van der Waals surface area contributed by atoms with Crippen LogP contribution in [0.25, 0.3) is 33.0 Å². The molecule has 33 heavy (non-hydrogen) atoms. The van der Waals surface area contributed by atoms with Gasteiger partial charge < -0.3 is 0 Å². The molecule has 0 spiro atoms. The minimum Gasteiger partial charge on any atom is -0.296 e. The van der Waals surface area contributed by atoms with Gasteiger partial charge in [0.1, 0.15) is 0 Å². The van der Waals surface area contributed by atoms with Gasteiger partial charge in [0.05, 0.1) is 0 Å². The second kappa shape index (κ2) is 11.3. The zero-order valence-corrected chi connectivity index (χ0v) is 21.3. The monoisotopic (exact) mass is 437 g/mol. The van der Waals surface area contributed by atoms with Gasteiger partial charge in [0, 0.05) is 13.3 Å². The largest absolute Gasteiger partial charge is 0.296 e. The maximum absolute atomic E-state index is 4.22. The van der Waals surface area contributed by atoms with Crippen molar-refractivity contribution in [3.8, 4) is 11.1 Å². The lowest BCUT2D eigenvalue weighted by atomic mass is 9.82. The van der Waals surface area contributed by atoms with Crippen molar-refractivity contribution in [1.82, 2.24) is 0 Å². The van der Waals surface area contributed by atoms with E-state index in [0.717, 1.165) is 12.8 Å². The summed E-state index contributed by atoms with van der Waals surface area (Å²) in [6, 6.07) is 22.5. The van der Waals surface area contributed by atoms with E-state index in [1.165, 1.54) is 57.0 Å². The third-order valence-electron chi connectivity index (χ3n) is 6.85. The molecule has 0 atom stereocenters. The average molecular weight is 438 g/mol. The fourth-order valence-electron chi connectivity index (χ4n) is 4.28. The van der Waals surface area contributed by atoms with Gasteiger partial charge >= 0.3 is 0 Å². The Morgan fingerprint density at radius 3 is 2.30 bits per heavy atom. The van der Waals surface area contributed by atoms with Crippen LogP contribution in [-0.2, 0) is 0 Å². The Hall–Kier alpha value is -2.93. The Bertz CT molecular complexity index is 1160. The number of fused-ring (bicyclic) bond motifs is 1. The molecular weight excluding hydrogens is 398 g/mol. The van der Waals surface area contributed by atoms with E-state index in [1.807, 2.05) is 13.3 Å². The van der Waals surface area contributed by atoms with Crippen LogP contribution < -0.4 is 0 Å². The SMILES string of the molecule is C/C=C(/CCC(C)(C)CC)c1ccc2cccc(-c3ccc(/C(C=NC)=C/CC)cc3)c2c1. The Labute approximate surface area is 201 Å². The van der Waals surface area contributed by atoms with Gasteiger partial charge in [-0.25, -0.2) is 0 Å². The molecule has 3 aromatic carbocycles. The van der Waals surface area contributed by atoms with E-state index in [4.69, 9.17) is 0 Å². The van der Waals surface area contributed by atoms with Crippen LogP contribution in [0.1, 0.15) is 71.4 Å². The van der Waals surface area contributed by atoms with Gasteiger partial charge in [-0.15, -0.1) is 0 Å². The highest BCUT2D eigenvalue weighted by atomic mass is 14.6. The Kier molecular flexibility index (Phi) is 8.44. The maximum atomic E-state index is 4.22. The van der Waals surface area contributed by atoms with Crippen LogP contribution in [0.15, 0.2) is 77.8 Å². The van der Waals surface area contributed by atoms with Gasteiger partial charge in [0.15, 0.2) is 0 Å². The van der Waals surface area contributed by atoms with Crippen molar-refractivity contribution in [2.75, 3.05) is 7.05 Å². The lowest BCUT2D eigenvalue weighted by Gasteiger charge is -2.23. The van der Waals surface area contributed by atoms with Gasteiger partial charge in [0.25, 0.3) is 0 Å². The van der Waals surface area contributed by atoms with E-state index in [2.05, 4.69) is 112 Å². The lowest BCUT2D eigenvalue weighted by Crippen LogP contribution is -2.09. The quantitative estimate of drug-likeness (QED) is 0.295. The molecule has 0 N–H and O–H groups in total. The highest BCUT2D eigenvalue weighted by Crippen LogP contribution is 2.35. The third-order valence-corrected chi connectivity index (χ3v) is 6.85. The van der Waals surface area contributed by atoms with Crippen molar-refractivity contribution in [3.63, 3.8) is 0 Å². The Morgan fingerprint density at radius 1 is 0.939 bits per heavy atom. The normalized spacial score (nSPS) is 13.3. The molecule has 0 heterocycles. The number of hydrogen-bond donors (Lipinski definition) is 0. The molecule has 0 saturated heterocycles. The van der Waals surface area contributed by atoms with Crippen LogP contribution in [0.2, 0.25) is 0 Å². The minimum absolute atomic E-state index is 0.381. The van der Waals surface area contributed by atoms with Crippen LogP contribution in [0.3, 0.4) is 0 Å². The first kappa shape index (κ1) is 24.7. The summed E-state index contributed by atoms with van der Waals surface area (Å²) in [5.41, 5.74) is 8.09. The third kappa shape index (κ3) is 6.11. The number of rotatable bonds is 9. The van der Waals surface area contributed by atoms with Gasteiger partial charge in [-0.1, -0.05) is 101 Å². The van der Waals surface area contributed by atoms with Gasteiger partial charge in [-0.3, -0.25) is 4.99 Å². The summed E-state index contributed by atoms with van der Waals surface area (Å²) in [7, 11) is 1.83. The van der Waals surface area contributed by atoms with E-state index >= 15 is 0 Å². The first-order chi connectivity index (χ1) is 15.9. The fraction of sp³-hybridized carbons (Fsp3) is 0.344. The summed E-state index contributed by atoms with van der Waals surface area (Å²) in [5.74, 6) is 0. The predicted molar refractivity (Wildman–Crippen MR) is 149 cm³/mol. The van der Waals surface area contributed by atoms with Gasteiger partial charge in [-0.05, 0) is 81.8 Å². The number of allylic oxidation sites excluding steroid dienone is 4. The average Bonchev–Trinajstić information content (AvgIpc) is 2.84. The molecule has 1 nitrogen and oxygen atoms in total. The molecule has 0 aromatic heterocycles. The van der Waals surface area contributed by atoms with E-state index in [1.54, 1.807) is 0 Å². The van der Waals surface area contributed by atoms with Crippen LogP contribution in [0.5, 0.6) is 0 Å². The summed E-state index contributed by atoms with van der Waals surface area (Å²) < 4.78 is 0. The second-order valence-corrected chi connectivity index (χ2v) is 9.61. The van der Waals surface area contributed by atoms with Crippen molar-refractivity contribution in [2.24, 2.45) is 10.4 Å². The first-order valence-corrected chi connectivity index (χ1v) is 12.3. The van der Waals surface area contributed by atoms with Crippen molar-refractivity contribution in [3.05, 3.63) is 83.9 Å². The molecule has 0 amide bonds. The smallest absolute Gasteiger partial charge is 0.0284 e. The molecular formula is C32H39N. The molecule has 0 unspecified atom stereocenters. The van der Waals surface area contributed by atoms with Crippen molar-refractivity contribution in [1.29, 1.82) is 0 Å². The lowest BCUT2D eigenvalue weighted by molar-refractivity contribution is 0.327. The van der Waals surface area contributed by atoms with Gasteiger partial charge in [-0.2, -0.15) is 0 Å². The predicted octanol–water partition coefficient (Wildman–Crippen LogP) is 9.62. The number of hydrogen-bond acceptors (Lipinski definition) is 1. The van der Waals surface area contributed by atoms with Crippen molar-refractivity contribution in [2.45, 2.75) is 60.3 Å². The summed E-state index contributed by atoms with van der Waals surface area (Å²) >= 11 is 0. The Balaban J connectivity index is 1.98. The van der Waals surface area contributed by atoms with Crippen LogP contribution in [-0.4, -0.2) is 13.3 Å². The molecule has 0 saturated carbocycles. The second-order valence-electron chi connectivity index (χ2n) is 9.61. The van der Waals surface area contributed by atoms with Crippen molar-refractivity contribution < 1.29 is 0 Å².